The average Bonchev–Trinajstić information content (AvgIpc) is 2.19. The van der Waals surface area contributed by atoms with Crippen molar-refractivity contribution in [3.8, 4) is 11.3 Å². The maximum absolute atomic E-state index is 4.41. The third kappa shape index (κ3) is 2.50. The summed E-state index contributed by atoms with van der Waals surface area (Å²) in [6.07, 6.45) is 0. The summed E-state index contributed by atoms with van der Waals surface area (Å²) in [5.74, 6) is 0. The smallest absolute Gasteiger partial charge is 0.0266 e. The van der Waals surface area contributed by atoms with Gasteiger partial charge in [0.05, 0.1) is 0 Å². The van der Waals surface area contributed by atoms with E-state index in [4.69, 9.17) is 0 Å². The Morgan fingerprint density at radius 1 is 1.07 bits per heavy atom. The monoisotopic (exact) mass is 361 g/mol. The number of aryl methyl sites for hydroxylation is 1. The second-order valence-electron chi connectivity index (χ2n) is 2.94. The quantitative estimate of drug-likeness (QED) is 0.713. The zero-order chi connectivity index (χ0) is 9.10. The van der Waals surface area contributed by atoms with Gasteiger partial charge in [0.2, 0.25) is 0 Å². The molecule has 2 rings (SSSR count). The first kappa shape index (κ1) is 11.1. The molecule has 14 heavy (non-hydrogen) atoms. The van der Waals surface area contributed by atoms with Crippen LogP contribution in [0.25, 0.3) is 11.3 Å². The fraction of sp³-hybridized carbons (Fsp3) is 0.0833. The van der Waals surface area contributed by atoms with Crippen LogP contribution in [0.5, 0.6) is 0 Å². The molecular weight excluding hydrogens is 350 g/mol. The Kier molecular flexibility index (Phi) is 3.99. The second-order valence-corrected chi connectivity index (χ2v) is 2.94. The fourth-order valence-electron chi connectivity index (χ4n) is 1.25. The molecule has 0 saturated heterocycles. The van der Waals surface area contributed by atoms with Gasteiger partial charge in [-0.2, -0.15) is 0 Å². The number of hydrogen-bond donors (Lipinski definition) is 0. The summed E-state index contributed by atoms with van der Waals surface area (Å²) in [5.41, 5.74) is 3.07. The average molecular weight is 360 g/mol. The van der Waals surface area contributed by atoms with Crippen molar-refractivity contribution in [2.75, 3.05) is 0 Å². The van der Waals surface area contributed by atoms with Gasteiger partial charge in [-0.15, -0.1) is 35.9 Å². The molecule has 0 bridgehead atoms. The number of pyridine rings is 1. The molecule has 0 N–H and O–H groups in total. The molecule has 73 valence electrons. The summed E-state index contributed by atoms with van der Waals surface area (Å²) >= 11 is 0. The van der Waals surface area contributed by atoms with Gasteiger partial charge in [0.25, 0.3) is 0 Å². The molecule has 0 amide bonds. The van der Waals surface area contributed by atoms with E-state index in [1.54, 1.807) is 0 Å². The molecule has 0 aliphatic rings. The normalized spacial score (nSPS) is 9.21. The molecule has 0 aliphatic heterocycles. The van der Waals surface area contributed by atoms with Crippen LogP contribution in [-0.4, -0.2) is 4.98 Å². The van der Waals surface area contributed by atoms with Crippen molar-refractivity contribution in [2.45, 2.75) is 6.92 Å². The number of aromatic nitrogens is 1. The Bertz CT molecular complexity index is 398. The van der Waals surface area contributed by atoms with E-state index in [2.05, 4.69) is 11.1 Å². The molecule has 1 nitrogen and oxygen atoms in total. The van der Waals surface area contributed by atoms with Crippen LogP contribution >= 0.6 is 0 Å². The largest absolute Gasteiger partial charge is 0.302 e. The maximum atomic E-state index is 4.41. The number of hydrogen-bond acceptors (Lipinski definition) is 1. The zero-order valence-corrected chi connectivity index (χ0v) is 10.2. The van der Waals surface area contributed by atoms with Crippen molar-refractivity contribution in [3.63, 3.8) is 0 Å². The first-order valence-corrected chi connectivity index (χ1v) is 4.27. The van der Waals surface area contributed by atoms with E-state index >= 15 is 0 Å². The first-order valence-electron chi connectivity index (χ1n) is 4.27. The van der Waals surface area contributed by atoms with Gasteiger partial charge in [0, 0.05) is 25.8 Å². The molecule has 2 aromatic rings. The molecule has 0 fully saturated rings. The van der Waals surface area contributed by atoms with E-state index in [-0.39, 0.29) is 20.1 Å². The van der Waals surface area contributed by atoms with Gasteiger partial charge in [-0.25, -0.2) is 0 Å². The van der Waals surface area contributed by atoms with Crippen LogP contribution in [0, 0.1) is 13.0 Å². The third-order valence-electron chi connectivity index (χ3n) is 1.87. The van der Waals surface area contributed by atoms with Crippen molar-refractivity contribution in [1.29, 1.82) is 0 Å². The molecule has 1 aromatic heterocycles. The van der Waals surface area contributed by atoms with Gasteiger partial charge in [0.15, 0.2) is 0 Å². The summed E-state index contributed by atoms with van der Waals surface area (Å²) in [5, 5.41) is 0. The number of benzene rings is 1. The first-order chi connectivity index (χ1) is 6.36. The van der Waals surface area contributed by atoms with Crippen LogP contribution in [0.3, 0.4) is 0 Å². The van der Waals surface area contributed by atoms with Crippen LogP contribution in [0.15, 0.2) is 42.5 Å². The van der Waals surface area contributed by atoms with E-state index in [0.29, 0.717) is 0 Å². The van der Waals surface area contributed by atoms with Gasteiger partial charge in [-0.05, 0) is 18.7 Å². The fourth-order valence-corrected chi connectivity index (χ4v) is 1.25. The Labute approximate surface area is 97.6 Å². The zero-order valence-electron chi connectivity index (χ0n) is 7.82. The minimum Gasteiger partial charge on any atom is -0.302 e. The summed E-state index contributed by atoms with van der Waals surface area (Å²) in [4.78, 5) is 4.41. The van der Waals surface area contributed by atoms with Gasteiger partial charge < -0.3 is 4.98 Å². The topological polar surface area (TPSA) is 12.9 Å². The van der Waals surface area contributed by atoms with Crippen molar-refractivity contribution in [1.82, 2.24) is 4.98 Å². The predicted octanol–water partition coefficient (Wildman–Crippen LogP) is 2.85. The summed E-state index contributed by atoms with van der Waals surface area (Å²) < 4.78 is 0. The van der Waals surface area contributed by atoms with E-state index < -0.39 is 0 Å². The SMILES string of the molecule is Cc1cccc(-c2[c-]cccc2)n1.[Ir]. The van der Waals surface area contributed by atoms with Crippen LogP contribution < -0.4 is 0 Å². The van der Waals surface area contributed by atoms with Gasteiger partial charge in [-0.1, -0.05) is 12.1 Å². The van der Waals surface area contributed by atoms with E-state index in [1.807, 2.05) is 49.4 Å². The summed E-state index contributed by atoms with van der Waals surface area (Å²) in [7, 11) is 0. The Balaban J connectivity index is 0.000000980. The minimum absolute atomic E-state index is 0. The molecule has 1 radical (unpaired) electrons. The van der Waals surface area contributed by atoms with Gasteiger partial charge in [-0.3, -0.25) is 0 Å². The third-order valence-corrected chi connectivity index (χ3v) is 1.87. The van der Waals surface area contributed by atoms with Crippen LogP contribution in [-0.2, 0) is 20.1 Å². The Hall–Kier alpha value is -0.981. The van der Waals surface area contributed by atoms with Gasteiger partial charge >= 0.3 is 0 Å². The standard InChI is InChI=1S/C12H10N.Ir/c1-10-6-5-9-12(13-10)11-7-3-2-4-8-11;/h2-7,9H,1H3;/q-1;. The molecule has 0 saturated carbocycles. The predicted molar refractivity (Wildman–Crippen MR) is 53.2 cm³/mol. The maximum Gasteiger partial charge on any atom is 0.0266 e. The van der Waals surface area contributed by atoms with Crippen molar-refractivity contribution in [3.05, 3.63) is 54.2 Å². The molecule has 1 heterocycles. The molecule has 2 heteroatoms. The van der Waals surface area contributed by atoms with Crippen LogP contribution in [0.4, 0.5) is 0 Å². The van der Waals surface area contributed by atoms with E-state index in [1.165, 1.54) is 0 Å². The van der Waals surface area contributed by atoms with Crippen molar-refractivity contribution >= 4 is 0 Å². The van der Waals surface area contributed by atoms with Crippen molar-refractivity contribution in [2.24, 2.45) is 0 Å². The summed E-state index contributed by atoms with van der Waals surface area (Å²) in [6.45, 7) is 1.99. The molecule has 0 aliphatic carbocycles. The van der Waals surface area contributed by atoms with E-state index in [9.17, 15) is 0 Å². The molecular formula is C12H10IrN-. The molecule has 1 aromatic carbocycles. The second kappa shape index (κ2) is 5.04. The number of rotatable bonds is 1. The molecule has 0 unspecified atom stereocenters. The molecule has 0 spiro atoms. The number of nitrogens with zero attached hydrogens (tertiary/aromatic N) is 1. The minimum atomic E-state index is 0. The van der Waals surface area contributed by atoms with Crippen LogP contribution in [0.2, 0.25) is 0 Å². The summed E-state index contributed by atoms with van der Waals surface area (Å²) in [6, 6.07) is 17.0. The molecule has 0 atom stereocenters. The van der Waals surface area contributed by atoms with E-state index in [0.717, 1.165) is 17.0 Å². The Morgan fingerprint density at radius 3 is 2.57 bits per heavy atom. The Morgan fingerprint density at radius 2 is 1.93 bits per heavy atom. The van der Waals surface area contributed by atoms with Gasteiger partial charge in [0.1, 0.15) is 0 Å². The van der Waals surface area contributed by atoms with Crippen LogP contribution in [0.1, 0.15) is 5.69 Å². The van der Waals surface area contributed by atoms with Crippen molar-refractivity contribution < 1.29 is 20.1 Å².